The standard InChI is InChI=1S/C21H18N2O4/c1-25-18-4-2-3-5-19(18)26-14-17-10-11-20(27-17)21(24)23-16-8-6-15(7-9-16)12-13-22/h2-11H,12,14H2,1H3,(H,23,24). The molecule has 3 aromatic rings. The van der Waals surface area contributed by atoms with Crippen LogP contribution in [0.2, 0.25) is 0 Å². The molecule has 0 spiro atoms. The number of ether oxygens (including phenoxy) is 2. The van der Waals surface area contributed by atoms with Gasteiger partial charge in [-0.25, -0.2) is 0 Å². The first-order chi connectivity index (χ1) is 13.2. The Kier molecular flexibility index (Phi) is 5.75. The Morgan fingerprint density at radius 2 is 1.81 bits per heavy atom. The molecule has 1 aromatic heterocycles. The van der Waals surface area contributed by atoms with E-state index in [0.717, 1.165) is 5.56 Å². The zero-order valence-electron chi connectivity index (χ0n) is 14.8. The quantitative estimate of drug-likeness (QED) is 0.681. The van der Waals surface area contributed by atoms with Crippen molar-refractivity contribution in [2.75, 3.05) is 12.4 Å². The van der Waals surface area contributed by atoms with Gasteiger partial charge in [-0.1, -0.05) is 24.3 Å². The van der Waals surface area contributed by atoms with Gasteiger partial charge >= 0.3 is 0 Å². The van der Waals surface area contributed by atoms with Crippen molar-refractivity contribution < 1.29 is 18.7 Å². The zero-order chi connectivity index (χ0) is 19.1. The van der Waals surface area contributed by atoms with E-state index in [9.17, 15) is 4.79 Å². The first-order valence-corrected chi connectivity index (χ1v) is 8.31. The van der Waals surface area contributed by atoms with Crippen LogP contribution in [0.1, 0.15) is 21.9 Å². The van der Waals surface area contributed by atoms with E-state index in [1.54, 1.807) is 55.6 Å². The first kappa shape index (κ1) is 18.1. The molecule has 0 aliphatic carbocycles. The number of carbonyl (C=O) groups excluding carboxylic acids is 1. The molecule has 0 atom stereocenters. The summed E-state index contributed by atoms with van der Waals surface area (Å²) in [6, 6.07) is 19.8. The van der Waals surface area contributed by atoms with Crippen LogP contribution in [0, 0.1) is 11.3 Å². The zero-order valence-corrected chi connectivity index (χ0v) is 14.8. The number of hydrogen-bond acceptors (Lipinski definition) is 5. The summed E-state index contributed by atoms with van der Waals surface area (Å²) >= 11 is 0. The van der Waals surface area contributed by atoms with Gasteiger partial charge in [0.05, 0.1) is 19.6 Å². The fourth-order valence-electron chi connectivity index (χ4n) is 2.45. The van der Waals surface area contributed by atoms with Crippen LogP contribution < -0.4 is 14.8 Å². The number of hydrogen-bond donors (Lipinski definition) is 1. The molecule has 0 saturated carbocycles. The lowest BCUT2D eigenvalue weighted by Gasteiger charge is -2.08. The highest BCUT2D eigenvalue weighted by atomic mass is 16.5. The molecule has 1 amide bonds. The number of methoxy groups -OCH3 is 1. The van der Waals surface area contributed by atoms with Gasteiger partial charge in [0, 0.05) is 5.69 Å². The summed E-state index contributed by atoms with van der Waals surface area (Å²) in [6.45, 7) is 0.177. The maximum absolute atomic E-state index is 12.3. The number of nitrogens with zero attached hydrogens (tertiary/aromatic N) is 1. The molecule has 3 rings (SSSR count). The molecule has 1 heterocycles. The number of nitriles is 1. The molecule has 2 aromatic carbocycles. The maximum atomic E-state index is 12.3. The summed E-state index contributed by atoms with van der Waals surface area (Å²) in [5.41, 5.74) is 1.52. The normalized spacial score (nSPS) is 10.1. The molecule has 136 valence electrons. The second-order valence-corrected chi connectivity index (χ2v) is 5.69. The summed E-state index contributed by atoms with van der Waals surface area (Å²) in [5.74, 6) is 1.58. The number of carbonyl (C=O) groups is 1. The number of para-hydroxylation sites is 2. The van der Waals surface area contributed by atoms with Gasteiger partial charge in [0.2, 0.25) is 0 Å². The minimum absolute atomic E-state index is 0.177. The summed E-state index contributed by atoms with van der Waals surface area (Å²) in [5, 5.41) is 11.4. The van der Waals surface area contributed by atoms with Crippen LogP contribution in [-0.4, -0.2) is 13.0 Å². The van der Waals surface area contributed by atoms with Crippen LogP contribution in [0.15, 0.2) is 65.1 Å². The Morgan fingerprint density at radius 3 is 2.52 bits per heavy atom. The van der Waals surface area contributed by atoms with Crippen molar-refractivity contribution in [2.24, 2.45) is 0 Å². The predicted molar refractivity (Wildman–Crippen MR) is 99.7 cm³/mol. The van der Waals surface area contributed by atoms with Gasteiger partial charge in [-0.3, -0.25) is 4.79 Å². The Hall–Kier alpha value is -3.72. The van der Waals surface area contributed by atoms with Gasteiger partial charge in [-0.15, -0.1) is 0 Å². The van der Waals surface area contributed by atoms with E-state index < -0.39 is 0 Å². The number of amides is 1. The Labute approximate surface area is 156 Å². The molecule has 0 radical (unpaired) electrons. The topological polar surface area (TPSA) is 84.5 Å². The van der Waals surface area contributed by atoms with Gasteiger partial charge in [0.25, 0.3) is 5.91 Å². The molecule has 27 heavy (non-hydrogen) atoms. The Bertz CT molecular complexity index is 955. The van der Waals surface area contributed by atoms with E-state index in [4.69, 9.17) is 19.2 Å². The molecule has 6 nitrogen and oxygen atoms in total. The molecule has 0 unspecified atom stereocenters. The molecular formula is C21H18N2O4. The van der Waals surface area contributed by atoms with Crippen LogP contribution in [0.3, 0.4) is 0 Å². The third-order valence-corrected chi connectivity index (χ3v) is 3.82. The first-order valence-electron chi connectivity index (χ1n) is 8.31. The lowest BCUT2D eigenvalue weighted by Crippen LogP contribution is -2.10. The van der Waals surface area contributed by atoms with Crippen LogP contribution in [-0.2, 0) is 13.0 Å². The molecule has 0 saturated heterocycles. The highest BCUT2D eigenvalue weighted by molar-refractivity contribution is 6.02. The summed E-state index contributed by atoms with van der Waals surface area (Å²) < 4.78 is 16.5. The average Bonchev–Trinajstić information content (AvgIpc) is 3.17. The monoisotopic (exact) mass is 362 g/mol. The molecule has 1 N–H and O–H groups in total. The molecule has 0 aliphatic rings. The second-order valence-electron chi connectivity index (χ2n) is 5.69. The molecule has 0 bridgehead atoms. The van der Waals surface area contributed by atoms with Crippen LogP contribution in [0.5, 0.6) is 11.5 Å². The van der Waals surface area contributed by atoms with E-state index in [1.807, 2.05) is 12.1 Å². The van der Waals surface area contributed by atoms with Crippen LogP contribution in [0.25, 0.3) is 0 Å². The average molecular weight is 362 g/mol. The van der Waals surface area contributed by atoms with Crippen LogP contribution in [0.4, 0.5) is 5.69 Å². The summed E-state index contributed by atoms with van der Waals surface area (Å²) in [4.78, 5) is 12.3. The van der Waals surface area contributed by atoms with Crippen LogP contribution >= 0.6 is 0 Å². The van der Waals surface area contributed by atoms with Crippen molar-refractivity contribution in [3.05, 3.63) is 77.7 Å². The third-order valence-electron chi connectivity index (χ3n) is 3.82. The summed E-state index contributed by atoms with van der Waals surface area (Å²) in [7, 11) is 1.57. The van der Waals surface area contributed by atoms with Crippen molar-refractivity contribution in [1.29, 1.82) is 5.26 Å². The highest BCUT2D eigenvalue weighted by Gasteiger charge is 2.12. The Balaban J connectivity index is 1.59. The van der Waals surface area contributed by atoms with E-state index in [0.29, 0.717) is 29.4 Å². The fraction of sp³-hybridized carbons (Fsp3) is 0.143. The lowest BCUT2D eigenvalue weighted by atomic mass is 10.1. The number of furan rings is 1. The van der Waals surface area contributed by atoms with Gasteiger partial charge in [0.1, 0.15) is 12.4 Å². The Morgan fingerprint density at radius 1 is 1.07 bits per heavy atom. The molecule has 0 fully saturated rings. The van der Waals surface area contributed by atoms with Crippen molar-refractivity contribution in [1.82, 2.24) is 0 Å². The highest BCUT2D eigenvalue weighted by Crippen LogP contribution is 2.26. The van der Waals surface area contributed by atoms with Crippen molar-refractivity contribution in [3.63, 3.8) is 0 Å². The smallest absolute Gasteiger partial charge is 0.291 e. The van der Waals surface area contributed by atoms with Gasteiger partial charge in [0.15, 0.2) is 17.3 Å². The van der Waals surface area contributed by atoms with Gasteiger partial charge in [-0.2, -0.15) is 5.26 Å². The van der Waals surface area contributed by atoms with E-state index in [1.165, 1.54) is 0 Å². The van der Waals surface area contributed by atoms with E-state index >= 15 is 0 Å². The molecule has 0 aliphatic heterocycles. The lowest BCUT2D eigenvalue weighted by molar-refractivity contribution is 0.0992. The van der Waals surface area contributed by atoms with Crippen molar-refractivity contribution >= 4 is 11.6 Å². The van der Waals surface area contributed by atoms with Crippen molar-refractivity contribution in [3.8, 4) is 17.6 Å². The number of anilines is 1. The van der Waals surface area contributed by atoms with E-state index in [2.05, 4.69) is 11.4 Å². The molecule has 6 heteroatoms. The summed E-state index contributed by atoms with van der Waals surface area (Å²) in [6.07, 6.45) is 0.335. The molecular weight excluding hydrogens is 344 g/mol. The SMILES string of the molecule is COc1ccccc1OCc1ccc(C(=O)Nc2ccc(CC#N)cc2)o1. The van der Waals surface area contributed by atoms with Crippen molar-refractivity contribution in [2.45, 2.75) is 13.0 Å². The van der Waals surface area contributed by atoms with E-state index in [-0.39, 0.29) is 18.3 Å². The second kappa shape index (κ2) is 8.59. The minimum atomic E-state index is -0.355. The maximum Gasteiger partial charge on any atom is 0.291 e. The predicted octanol–water partition coefficient (Wildman–Crippen LogP) is 4.19. The number of rotatable bonds is 7. The van der Waals surface area contributed by atoms with Gasteiger partial charge < -0.3 is 19.2 Å². The minimum Gasteiger partial charge on any atom is -0.493 e. The number of nitrogens with one attached hydrogen (secondary N) is 1. The largest absolute Gasteiger partial charge is 0.493 e. The number of benzene rings is 2. The van der Waals surface area contributed by atoms with Gasteiger partial charge in [-0.05, 0) is 42.0 Å². The fourth-order valence-corrected chi connectivity index (χ4v) is 2.45. The third kappa shape index (κ3) is 4.67.